The molecule has 1 aromatic carbocycles. The van der Waals surface area contributed by atoms with Crippen LogP contribution in [0.25, 0.3) is 0 Å². The van der Waals surface area contributed by atoms with Gasteiger partial charge >= 0.3 is 5.97 Å². The van der Waals surface area contributed by atoms with Gasteiger partial charge in [0.2, 0.25) is 10.0 Å². The van der Waals surface area contributed by atoms with Gasteiger partial charge in [-0.15, -0.1) is 0 Å². The molecule has 1 aromatic rings. The molecular formula is C11H15NO4S. The molecule has 1 atom stereocenters. The number of rotatable bonds is 5. The maximum absolute atomic E-state index is 11.5. The molecule has 0 heterocycles. The van der Waals surface area contributed by atoms with Gasteiger partial charge in [-0.3, -0.25) is 4.79 Å². The van der Waals surface area contributed by atoms with E-state index >= 15 is 0 Å². The van der Waals surface area contributed by atoms with E-state index in [-0.39, 0.29) is 4.90 Å². The van der Waals surface area contributed by atoms with Crippen LogP contribution in [0.1, 0.15) is 12.5 Å². The van der Waals surface area contributed by atoms with Crippen LogP contribution in [0.5, 0.6) is 0 Å². The molecule has 2 N–H and O–H groups in total. The third-order valence-electron chi connectivity index (χ3n) is 2.44. The Kier molecular flexibility index (Phi) is 4.25. The number of carboxylic acids is 1. The molecule has 0 amide bonds. The summed E-state index contributed by atoms with van der Waals surface area (Å²) in [6.45, 7) is 1.58. The Labute approximate surface area is 101 Å². The van der Waals surface area contributed by atoms with Crippen LogP contribution < -0.4 is 4.72 Å². The molecule has 1 rings (SSSR count). The number of benzene rings is 1. The Morgan fingerprint density at radius 1 is 1.47 bits per heavy atom. The van der Waals surface area contributed by atoms with Crippen molar-refractivity contribution in [1.82, 2.24) is 4.72 Å². The van der Waals surface area contributed by atoms with E-state index in [0.717, 1.165) is 0 Å². The number of carbonyl (C=O) groups is 1. The van der Waals surface area contributed by atoms with Gasteiger partial charge in [0.25, 0.3) is 0 Å². The van der Waals surface area contributed by atoms with E-state index in [2.05, 4.69) is 4.72 Å². The van der Waals surface area contributed by atoms with Gasteiger partial charge in [0.15, 0.2) is 0 Å². The zero-order valence-corrected chi connectivity index (χ0v) is 10.5. The second-order valence-electron chi connectivity index (χ2n) is 3.80. The van der Waals surface area contributed by atoms with Gasteiger partial charge in [0.1, 0.15) is 0 Å². The van der Waals surface area contributed by atoms with Gasteiger partial charge in [0.05, 0.1) is 10.8 Å². The van der Waals surface area contributed by atoms with Crippen LogP contribution in [0.2, 0.25) is 0 Å². The van der Waals surface area contributed by atoms with Crippen LogP contribution in [0, 0.1) is 5.92 Å². The van der Waals surface area contributed by atoms with Gasteiger partial charge in [-0.2, -0.15) is 0 Å². The first-order valence-electron chi connectivity index (χ1n) is 5.12. The van der Waals surface area contributed by atoms with Crippen molar-refractivity contribution in [2.24, 2.45) is 5.92 Å². The van der Waals surface area contributed by atoms with Crippen molar-refractivity contribution in [3.8, 4) is 0 Å². The second-order valence-corrected chi connectivity index (χ2v) is 5.68. The maximum atomic E-state index is 11.5. The number of hydrogen-bond acceptors (Lipinski definition) is 3. The summed E-state index contributed by atoms with van der Waals surface area (Å²) in [5.74, 6) is -1.44. The monoisotopic (exact) mass is 257 g/mol. The summed E-state index contributed by atoms with van der Waals surface area (Å²) >= 11 is 0. The van der Waals surface area contributed by atoms with Crippen molar-refractivity contribution in [3.05, 3.63) is 29.8 Å². The van der Waals surface area contributed by atoms with Crippen molar-refractivity contribution in [2.75, 3.05) is 7.05 Å². The lowest BCUT2D eigenvalue weighted by Gasteiger charge is -2.08. The van der Waals surface area contributed by atoms with Crippen molar-refractivity contribution in [1.29, 1.82) is 0 Å². The van der Waals surface area contributed by atoms with Crippen LogP contribution in [0.3, 0.4) is 0 Å². The van der Waals surface area contributed by atoms with Crippen molar-refractivity contribution >= 4 is 16.0 Å². The molecule has 0 fully saturated rings. The van der Waals surface area contributed by atoms with Gasteiger partial charge in [-0.1, -0.05) is 19.1 Å². The molecule has 0 saturated carbocycles. The summed E-state index contributed by atoms with van der Waals surface area (Å²) in [5.41, 5.74) is 0.691. The number of hydrogen-bond donors (Lipinski definition) is 2. The third-order valence-corrected chi connectivity index (χ3v) is 3.85. The quantitative estimate of drug-likeness (QED) is 0.819. The average molecular weight is 257 g/mol. The Bertz CT molecular complexity index is 510. The number of aliphatic carboxylic acids is 1. The lowest BCUT2D eigenvalue weighted by Crippen LogP contribution is -2.19. The number of sulfonamides is 1. The molecule has 0 radical (unpaired) electrons. The van der Waals surface area contributed by atoms with Crippen LogP contribution in [-0.2, 0) is 21.2 Å². The highest BCUT2D eigenvalue weighted by atomic mass is 32.2. The van der Waals surface area contributed by atoms with Crippen LogP contribution >= 0.6 is 0 Å². The average Bonchev–Trinajstić information content (AvgIpc) is 2.29. The molecule has 0 bridgehead atoms. The van der Waals surface area contributed by atoms with E-state index in [0.29, 0.717) is 12.0 Å². The lowest BCUT2D eigenvalue weighted by molar-refractivity contribution is -0.141. The van der Waals surface area contributed by atoms with Gasteiger partial charge in [-0.05, 0) is 31.2 Å². The number of carboxylic acid groups (broad SMARTS) is 1. The van der Waals surface area contributed by atoms with Crippen molar-refractivity contribution in [3.63, 3.8) is 0 Å². The Morgan fingerprint density at radius 3 is 2.65 bits per heavy atom. The largest absolute Gasteiger partial charge is 0.481 e. The molecule has 1 unspecified atom stereocenters. The Balaban J connectivity index is 2.98. The molecule has 6 heteroatoms. The Morgan fingerprint density at radius 2 is 2.12 bits per heavy atom. The standard InChI is InChI=1S/C11H15NO4S/c1-8(11(13)14)6-9-4-3-5-10(7-9)17(15,16)12-2/h3-5,7-8,12H,6H2,1-2H3,(H,13,14). The molecule has 5 nitrogen and oxygen atoms in total. The van der Waals surface area contributed by atoms with E-state index in [9.17, 15) is 13.2 Å². The summed E-state index contributed by atoms with van der Waals surface area (Å²) in [5, 5.41) is 8.79. The van der Waals surface area contributed by atoms with Crippen molar-refractivity contribution < 1.29 is 18.3 Å². The molecule has 0 aliphatic heterocycles. The van der Waals surface area contributed by atoms with Gasteiger partial charge in [0, 0.05) is 0 Å². The van der Waals surface area contributed by atoms with Crippen LogP contribution in [0.4, 0.5) is 0 Å². The fraction of sp³-hybridized carbons (Fsp3) is 0.364. The van der Waals surface area contributed by atoms with Gasteiger partial charge in [-0.25, -0.2) is 13.1 Å². The van der Waals surface area contributed by atoms with Crippen LogP contribution in [-0.4, -0.2) is 26.5 Å². The molecular weight excluding hydrogens is 242 g/mol. The highest BCUT2D eigenvalue weighted by Crippen LogP contribution is 2.14. The lowest BCUT2D eigenvalue weighted by atomic mass is 10.0. The minimum absolute atomic E-state index is 0.148. The molecule has 0 spiro atoms. The first kappa shape index (κ1) is 13.7. The predicted octanol–water partition coefficient (Wildman–Crippen LogP) is 0.858. The fourth-order valence-electron chi connectivity index (χ4n) is 1.40. The van der Waals surface area contributed by atoms with E-state index in [1.165, 1.54) is 19.2 Å². The molecule has 0 aromatic heterocycles. The summed E-state index contributed by atoms with van der Waals surface area (Å²) in [6, 6.07) is 6.29. The van der Waals surface area contributed by atoms with E-state index < -0.39 is 21.9 Å². The Hall–Kier alpha value is -1.40. The molecule has 17 heavy (non-hydrogen) atoms. The minimum Gasteiger partial charge on any atom is -0.481 e. The van der Waals surface area contributed by atoms with Crippen LogP contribution in [0.15, 0.2) is 29.2 Å². The number of nitrogens with one attached hydrogen (secondary N) is 1. The summed E-state index contributed by atoms with van der Waals surface area (Å²) in [6.07, 6.45) is 0.308. The topological polar surface area (TPSA) is 83.5 Å². The highest BCUT2D eigenvalue weighted by molar-refractivity contribution is 7.89. The maximum Gasteiger partial charge on any atom is 0.306 e. The van der Waals surface area contributed by atoms with E-state index in [1.54, 1.807) is 19.1 Å². The van der Waals surface area contributed by atoms with Gasteiger partial charge < -0.3 is 5.11 Å². The summed E-state index contributed by atoms with van der Waals surface area (Å²) < 4.78 is 25.3. The molecule has 94 valence electrons. The zero-order chi connectivity index (χ0) is 13.1. The summed E-state index contributed by atoms with van der Waals surface area (Å²) in [4.78, 5) is 10.9. The normalized spacial score (nSPS) is 13.3. The second kappa shape index (κ2) is 5.29. The predicted molar refractivity (Wildman–Crippen MR) is 63.2 cm³/mol. The van der Waals surface area contributed by atoms with Crippen molar-refractivity contribution in [2.45, 2.75) is 18.2 Å². The fourth-order valence-corrected chi connectivity index (χ4v) is 2.20. The summed E-state index contributed by atoms with van der Waals surface area (Å²) in [7, 11) is -2.14. The highest BCUT2D eigenvalue weighted by Gasteiger charge is 2.15. The van der Waals surface area contributed by atoms with E-state index in [1.807, 2.05) is 0 Å². The molecule has 0 aliphatic rings. The zero-order valence-electron chi connectivity index (χ0n) is 9.67. The minimum atomic E-state index is -3.47. The van der Waals surface area contributed by atoms with E-state index in [4.69, 9.17) is 5.11 Å². The first-order valence-corrected chi connectivity index (χ1v) is 6.60. The first-order chi connectivity index (χ1) is 7.86. The molecule has 0 aliphatic carbocycles. The third kappa shape index (κ3) is 3.54. The SMILES string of the molecule is CNS(=O)(=O)c1cccc(CC(C)C(=O)O)c1. The smallest absolute Gasteiger partial charge is 0.306 e. The molecule has 0 saturated heterocycles.